The van der Waals surface area contributed by atoms with Crippen LogP contribution in [0.3, 0.4) is 0 Å². The summed E-state index contributed by atoms with van der Waals surface area (Å²) in [5.74, 6) is -0.0605. The molecule has 114 valence electrons. The zero-order chi connectivity index (χ0) is 15.5. The van der Waals surface area contributed by atoms with Crippen molar-refractivity contribution in [1.29, 1.82) is 0 Å². The van der Waals surface area contributed by atoms with Gasteiger partial charge in [0.1, 0.15) is 0 Å². The van der Waals surface area contributed by atoms with Crippen LogP contribution in [-0.4, -0.2) is 18.2 Å². The molecule has 3 N–H and O–H groups in total. The van der Waals surface area contributed by atoms with E-state index in [4.69, 9.17) is 5.73 Å². The molecule has 0 aliphatic rings. The lowest BCUT2D eigenvalue weighted by Gasteiger charge is -2.07. The fraction of sp³-hybridized carbons (Fsp3) is 0.357. The van der Waals surface area contributed by atoms with Crippen LogP contribution < -0.4 is 10.5 Å². The van der Waals surface area contributed by atoms with Gasteiger partial charge in [-0.05, 0) is 24.1 Å². The minimum Gasteiger partial charge on any atom is -0.399 e. The smallest absolute Gasteiger partial charge is 0.216 e. The molecule has 0 aliphatic heterocycles. The third-order valence-electron chi connectivity index (χ3n) is 3.15. The lowest BCUT2D eigenvalue weighted by Crippen LogP contribution is -2.25. The zero-order valence-electron chi connectivity index (χ0n) is 12.2. The standard InChI is InChI=1S/C14H20N4O2S/c1-3-14-12(9-18(2)17-14)8-16-21(19,20)10-11-4-6-13(15)7-5-11/h4-7,9,16H,3,8,10,15H2,1-2H3. The van der Waals surface area contributed by atoms with Crippen LogP contribution in [0.1, 0.15) is 23.7 Å². The van der Waals surface area contributed by atoms with Gasteiger partial charge in [-0.2, -0.15) is 5.10 Å². The first-order valence-electron chi connectivity index (χ1n) is 6.73. The van der Waals surface area contributed by atoms with Crippen molar-refractivity contribution in [3.63, 3.8) is 0 Å². The predicted octanol–water partition coefficient (Wildman–Crippen LogP) is 1.18. The number of nitrogen functional groups attached to an aromatic ring is 1. The Morgan fingerprint density at radius 1 is 1.29 bits per heavy atom. The summed E-state index contributed by atoms with van der Waals surface area (Å²) in [5.41, 5.74) is 8.72. The molecule has 0 atom stereocenters. The Kier molecular flexibility index (Phi) is 4.64. The second-order valence-electron chi connectivity index (χ2n) is 4.95. The zero-order valence-corrected chi connectivity index (χ0v) is 13.0. The molecule has 1 aromatic heterocycles. The Morgan fingerprint density at radius 2 is 1.95 bits per heavy atom. The molecule has 0 spiro atoms. The Morgan fingerprint density at radius 3 is 2.57 bits per heavy atom. The van der Waals surface area contributed by atoms with E-state index in [-0.39, 0.29) is 12.3 Å². The number of nitrogens with two attached hydrogens (primary N) is 1. The topological polar surface area (TPSA) is 90.0 Å². The highest BCUT2D eigenvalue weighted by molar-refractivity contribution is 7.88. The largest absolute Gasteiger partial charge is 0.399 e. The molecule has 0 bridgehead atoms. The number of aromatic nitrogens is 2. The molecule has 0 aliphatic carbocycles. The highest BCUT2D eigenvalue weighted by atomic mass is 32.2. The molecule has 0 saturated carbocycles. The van der Waals surface area contributed by atoms with E-state index in [9.17, 15) is 8.42 Å². The van der Waals surface area contributed by atoms with E-state index in [0.29, 0.717) is 11.3 Å². The van der Waals surface area contributed by atoms with Crippen LogP contribution in [0.5, 0.6) is 0 Å². The number of nitrogens with one attached hydrogen (secondary N) is 1. The van der Waals surface area contributed by atoms with Crippen molar-refractivity contribution >= 4 is 15.7 Å². The van der Waals surface area contributed by atoms with Crippen LogP contribution in [0.15, 0.2) is 30.5 Å². The van der Waals surface area contributed by atoms with Crippen molar-refractivity contribution in [1.82, 2.24) is 14.5 Å². The molecule has 0 saturated heterocycles. The number of sulfonamides is 1. The van der Waals surface area contributed by atoms with Crippen molar-refractivity contribution < 1.29 is 8.42 Å². The summed E-state index contributed by atoms with van der Waals surface area (Å²) >= 11 is 0. The molecule has 1 aromatic carbocycles. The van der Waals surface area contributed by atoms with Crippen molar-refractivity contribution in [3.8, 4) is 0 Å². The van der Waals surface area contributed by atoms with E-state index in [0.717, 1.165) is 17.7 Å². The van der Waals surface area contributed by atoms with E-state index in [1.165, 1.54) is 0 Å². The average Bonchev–Trinajstić information content (AvgIpc) is 2.79. The van der Waals surface area contributed by atoms with Gasteiger partial charge in [-0.25, -0.2) is 13.1 Å². The summed E-state index contributed by atoms with van der Waals surface area (Å²) in [6, 6.07) is 6.83. The molecule has 6 nitrogen and oxygen atoms in total. The normalized spacial score (nSPS) is 11.7. The van der Waals surface area contributed by atoms with Crippen LogP contribution >= 0.6 is 0 Å². The van der Waals surface area contributed by atoms with Crippen molar-refractivity contribution in [3.05, 3.63) is 47.3 Å². The molecular weight excluding hydrogens is 288 g/mol. The lowest BCUT2D eigenvalue weighted by molar-refractivity contribution is 0.580. The predicted molar refractivity (Wildman–Crippen MR) is 82.9 cm³/mol. The lowest BCUT2D eigenvalue weighted by atomic mass is 10.2. The van der Waals surface area contributed by atoms with Gasteiger partial charge < -0.3 is 5.73 Å². The SMILES string of the molecule is CCc1nn(C)cc1CNS(=O)(=O)Cc1ccc(N)cc1. The van der Waals surface area contributed by atoms with Gasteiger partial charge in [0.15, 0.2) is 0 Å². The van der Waals surface area contributed by atoms with Gasteiger partial charge in [-0.1, -0.05) is 19.1 Å². The van der Waals surface area contributed by atoms with Gasteiger partial charge in [0.25, 0.3) is 0 Å². The summed E-state index contributed by atoms with van der Waals surface area (Å²) in [7, 11) is -1.56. The minimum atomic E-state index is -3.39. The first kappa shape index (κ1) is 15.5. The number of anilines is 1. The molecular formula is C14H20N4O2S. The van der Waals surface area contributed by atoms with Crippen molar-refractivity contribution in [2.45, 2.75) is 25.6 Å². The Labute approximate surface area is 125 Å². The van der Waals surface area contributed by atoms with E-state index in [1.807, 2.05) is 20.2 Å². The van der Waals surface area contributed by atoms with Gasteiger partial charge in [0.2, 0.25) is 10.0 Å². The van der Waals surface area contributed by atoms with Gasteiger partial charge >= 0.3 is 0 Å². The fourth-order valence-electron chi connectivity index (χ4n) is 2.10. The van der Waals surface area contributed by atoms with Gasteiger partial charge in [-0.15, -0.1) is 0 Å². The third kappa shape index (κ3) is 4.30. The molecule has 1 heterocycles. The molecule has 0 radical (unpaired) electrons. The van der Waals surface area contributed by atoms with E-state index in [2.05, 4.69) is 9.82 Å². The maximum atomic E-state index is 12.1. The quantitative estimate of drug-likeness (QED) is 0.784. The number of benzene rings is 1. The number of rotatable bonds is 6. The summed E-state index contributed by atoms with van der Waals surface area (Å²) in [6.45, 7) is 2.25. The summed E-state index contributed by atoms with van der Waals surface area (Å²) in [5, 5.41) is 4.29. The third-order valence-corrected chi connectivity index (χ3v) is 4.44. The first-order chi connectivity index (χ1) is 9.89. The molecule has 2 aromatic rings. The Bertz CT molecular complexity index is 705. The number of nitrogens with zero attached hydrogens (tertiary/aromatic N) is 2. The van der Waals surface area contributed by atoms with E-state index in [1.54, 1.807) is 28.9 Å². The fourth-order valence-corrected chi connectivity index (χ4v) is 3.21. The Balaban J connectivity index is 2.02. The maximum Gasteiger partial charge on any atom is 0.216 e. The van der Waals surface area contributed by atoms with Crippen LogP contribution in [0.4, 0.5) is 5.69 Å². The van der Waals surface area contributed by atoms with Crippen molar-refractivity contribution in [2.24, 2.45) is 7.05 Å². The molecule has 2 rings (SSSR count). The molecule has 7 heteroatoms. The van der Waals surface area contributed by atoms with Crippen LogP contribution in [0, 0.1) is 0 Å². The number of hydrogen-bond acceptors (Lipinski definition) is 4. The molecule has 21 heavy (non-hydrogen) atoms. The number of hydrogen-bond donors (Lipinski definition) is 2. The van der Waals surface area contributed by atoms with E-state index < -0.39 is 10.0 Å². The average molecular weight is 308 g/mol. The summed E-state index contributed by atoms with van der Waals surface area (Å²) in [6.07, 6.45) is 2.61. The molecule has 0 amide bonds. The van der Waals surface area contributed by atoms with E-state index >= 15 is 0 Å². The van der Waals surface area contributed by atoms with Crippen LogP contribution in [0.25, 0.3) is 0 Å². The summed E-state index contributed by atoms with van der Waals surface area (Å²) < 4.78 is 28.5. The Hall–Kier alpha value is -1.86. The molecule has 0 fully saturated rings. The second kappa shape index (κ2) is 6.28. The van der Waals surface area contributed by atoms with Gasteiger partial charge in [0.05, 0.1) is 11.4 Å². The van der Waals surface area contributed by atoms with Gasteiger partial charge in [0, 0.05) is 31.0 Å². The monoisotopic (exact) mass is 308 g/mol. The first-order valence-corrected chi connectivity index (χ1v) is 8.38. The van der Waals surface area contributed by atoms with Crippen molar-refractivity contribution in [2.75, 3.05) is 5.73 Å². The highest BCUT2D eigenvalue weighted by Gasteiger charge is 2.13. The minimum absolute atomic E-state index is 0.0605. The van der Waals surface area contributed by atoms with Gasteiger partial charge in [-0.3, -0.25) is 4.68 Å². The molecule has 0 unspecified atom stereocenters. The number of aryl methyl sites for hydroxylation is 2. The summed E-state index contributed by atoms with van der Waals surface area (Å²) in [4.78, 5) is 0. The maximum absolute atomic E-state index is 12.1. The second-order valence-corrected chi connectivity index (χ2v) is 6.76. The highest BCUT2D eigenvalue weighted by Crippen LogP contribution is 2.11. The van der Waals surface area contributed by atoms with Crippen LogP contribution in [-0.2, 0) is 35.8 Å². The van der Waals surface area contributed by atoms with Crippen LogP contribution in [0.2, 0.25) is 0 Å².